The number of esters is 1. The molecule has 0 radical (unpaired) electrons. The van der Waals surface area contributed by atoms with Crippen molar-refractivity contribution in [3.05, 3.63) is 22.5 Å². The number of hydrogen-bond donors (Lipinski definition) is 2. The van der Waals surface area contributed by atoms with E-state index in [1.165, 1.54) is 0 Å². The van der Waals surface area contributed by atoms with Gasteiger partial charge in [-0.1, -0.05) is 0 Å². The van der Waals surface area contributed by atoms with Crippen molar-refractivity contribution in [3.63, 3.8) is 0 Å². The second-order valence-electron chi connectivity index (χ2n) is 4.50. The number of carbonyl (C=O) groups is 1. The van der Waals surface area contributed by atoms with Crippen LogP contribution in [0.5, 0.6) is 5.75 Å². The summed E-state index contributed by atoms with van der Waals surface area (Å²) < 4.78 is 11.1. The van der Waals surface area contributed by atoms with Crippen molar-refractivity contribution >= 4 is 29.2 Å². The first-order valence-corrected chi connectivity index (χ1v) is 7.02. The molecule has 0 fully saturated rings. The average molecular weight is 294 g/mol. The van der Waals surface area contributed by atoms with E-state index in [0.717, 1.165) is 22.3 Å². The molecule has 0 aliphatic heterocycles. The van der Waals surface area contributed by atoms with E-state index in [2.05, 4.69) is 9.97 Å². The number of ether oxygens (including phenoxy) is 2. The maximum absolute atomic E-state index is 11.2. The van der Waals surface area contributed by atoms with E-state index >= 15 is 0 Å². The van der Waals surface area contributed by atoms with Gasteiger partial charge < -0.3 is 19.4 Å². The highest BCUT2D eigenvalue weighted by Crippen LogP contribution is 2.22. The van der Waals surface area contributed by atoms with Crippen LogP contribution in [0.1, 0.15) is 25.3 Å². The lowest BCUT2D eigenvalue weighted by Crippen LogP contribution is -2.06. The second kappa shape index (κ2) is 6.56. The molecule has 0 atom stereocenters. The SMILES string of the molecule is CCOC(=O)CCCOc1cc(C)c2[nH]c(=S)[nH]c2c1. The molecule has 20 heavy (non-hydrogen) atoms. The van der Waals surface area contributed by atoms with Crippen LogP contribution in [-0.2, 0) is 9.53 Å². The van der Waals surface area contributed by atoms with E-state index in [0.29, 0.717) is 30.8 Å². The number of nitrogens with one attached hydrogen (secondary N) is 2. The summed E-state index contributed by atoms with van der Waals surface area (Å²) in [5.41, 5.74) is 2.99. The number of hydrogen-bond acceptors (Lipinski definition) is 4. The Morgan fingerprint density at radius 1 is 1.35 bits per heavy atom. The maximum atomic E-state index is 11.2. The van der Waals surface area contributed by atoms with E-state index in [1.807, 2.05) is 19.1 Å². The largest absolute Gasteiger partial charge is 0.493 e. The quantitative estimate of drug-likeness (QED) is 0.487. The summed E-state index contributed by atoms with van der Waals surface area (Å²) in [6, 6.07) is 3.85. The zero-order valence-corrected chi connectivity index (χ0v) is 12.4. The average Bonchev–Trinajstić information content (AvgIpc) is 2.76. The molecule has 0 saturated heterocycles. The lowest BCUT2D eigenvalue weighted by atomic mass is 10.2. The second-order valence-corrected chi connectivity index (χ2v) is 4.91. The Hall–Kier alpha value is -1.82. The Bertz CT molecular complexity index is 660. The number of fused-ring (bicyclic) bond motifs is 1. The van der Waals surface area contributed by atoms with Crippen LogP contribution in [0, 0.1) is 11.7 Å². The number of benzene rings is 1. The molecule has 0 aliphatic rings. The molecule has 1 aromatic heterocycles. The molecular weight excluding hydrogens is 276 g/mol. The van der Waals surface area contributed by atoms with Gasteiger partial charge in [-0.25, -0.2) is 0 Å². The normalized spacial score (nSPS) is 10.7. The van der Waals surface area contributed by atoms with E-state index < -0.39 is 0 Å². The van der Waals surface area contributed by atoms with Gasteiger partial charge in [0, 0.05) is 12.5 Å². The molecule has 0 unspecified atom stereocenters. The fourth-order valence-corrected chi connectivity index (χ4v) is 2.22. The van der Waals surface area contributed by atoms with Crippen LogP contribution >= 0.6 is 12.2 Å². The maximum Gasteiger partial charge on any atom is 0.305 e. The summed E-state index contributed by atoms with van der Waals surface area (Å²) in [4.78, 5) is 17.4. The van der Waals surface area contributed by atoms with Crippen molar-refractivity contribution in [2.24, 2.45) is 0 Å². The zero-order chi connectivity index (χ0) is 14.5. The van der Waals surface area contributed by atoms with Gasteiger partial charge in [0.2, 0.25) is 0 Å². The molecule has 5 nitrogen and oxygen atoms in total. The Labute approximate surface area is 122 Å². The van der Waals surface area contributed by atoms with Crippen LogP contribution in [0.4, 0.5) is 0 Å². The monoisotopic (exact) mass is 294 g/mol. The molecule has 1 heterocycles. The van der Waals surface area contributed by atoms with Crippen molar-refractivity contribution in [2.75, 3.05) is 13.2 Å². The number of rotatable bonds is 6. The third kappa shape index (κ3) is 3.60. The van der Waals surface area contributed by atoms with E-state index in [-0.39, 0.29) is 5.97 Å². The molecule has 0 saturated carbocycles. The van der Waals surface area contributed by atoms with Crippen LogP contribution in [-0.4, -0.2) is 29.2 Å². The molecule has 0 spiro atoms. The van der Waals surface area contributed by atoms with Crippen molar-refractivity contribution in [3.8, 4) is 5.75 Å². The molecule has 6 heteroatoms. The van der Waals surface area contributed by atoms with Crippen molar-refractivity contribution < 1.29 is 14.3 Å². The summed E-state index contributed by atoms with van der Waals surface area (Å²) in [6.07, 6.45) is 1.01. The molecule has 2 aromatic rings. The minimum absolute atomic E-state index is 0.183. The van der Waals surface area contributed by atoms with Crippen LogP contribution in [0.25, 0.3) is 11.0 Å². The highest BCUT2D eigenvalue weighted by atomic mass is 32.1. The first kappa shape index (κ1) is 14.6. The van der Waals surface area contributed by atoms with Crippen molar-refractivity contribution in [1.82, 2.24) is 9.97 Å². The van der Waals surface area contributed by atoms with Gasteiger partial charge in [-0.2, -0.15) is 0 Å². The first-order valence-electron chi connectivity index (χ1n) is 6.61. The first-order chi connectivity index (χ1) is 9.60. The lowest BCUT2D eigenvalue weighted by Gasteiger charge is -2.07. The van der Waals surface area contributed by atoms with Gasteiger partial charge in [0.15, 0.2) is 4.77 Å². The molecule has 108 valence electrons. The standard InChI is InChI=1S/C14H18N2O3S/c1-3-18-12(17)5-4-6-19-10-7-9(2)13-11(8-10)15-14(20)16-13/h7-8H,3-6H2,1-2H3,(H2,15,16,20). The van der Waals surface area contributed by atoms with Crippen molar-refractivity contribution in [2.45, 2.75) is 26.7 Å². The fraction of sp³-hybridized carbons (Fsp3) is 0.429. The van der Waals surface area contributed by atoms with E-state index in [9.17, 15) is 4.79 Å². The number of aryl methyl sites for hydroxylation is 1. The number of aromatic amines is 2. The Balaban J connectivity index is 1.93. The van der Waals surface area contributed by atoms with Gasteiger partial charge in [-0.05, 0) is 44.1 Å². The lowest BCUT2D eigenvalue weighted by molar-refractivity contribution is -0.143. The van der Waals surface area contributed by atoms with Gasteiger partial charge in [0.25, 0.3) is 0 Å². The molecule has 0 amide bonds. The fourth-order valence-electron chi connectivity index (χ4n) is 2.01. The van der Waals surface area contributed by atoms with Gasteiger partial charge in [-0.15, -0.1) is 0 Å². The predicted octanol–water partition coefficient (Wildman–Crippen LogP) is 3.26. The highest BCUT2D eigenvalue weighted by molar-refractivity contribution is 7.71. The summed E-state index contributed by atoms with van der Waals surface area (Å²) >= 11 is 5.07. The summed E-state index contributed by atoms with van der Waals surface area (Å²) in [6.45, 7) is 4.69. The number of H-pyrrole nitrogens is 2. The molecule has 0 aliphatic carbocycles. The smallest absolute Gasteiger partial charge is 0.305 e. The molecule has 0 bridgehead atoms. The summed E-state index contributed by atoms with van der Waals surface area (Å²) in [5, 5.41) is 0. The van der Waals surface area contributed by atoms with Gasteiger partial charge in [0.05, 0.1) is 24.2 Å². The minimum Gasteiger partial charge on any atom is -0.493 e. The van der Waals surface area contributed by atoms with Crippen LogP contribution in [0.3, 0.4) is 0 Å². The Morgan fingerprint density at radius 3 is 2.90 bits per heavy atom. The minimum atomic E-state index is -0.183. The summed E-state index contributed by atoms with van der Waals surface area (Å²) in [5.74, 6) is 0.585. The number of imidazole rings is 1. The van der Waals surface area contributed by atoms with Gasteiger partial charge in [0.1, 0.15) is 5.75 Å². The predicted molar refractivity (Wildman–Crippen MR) is 79.6 cm³/mol. The third-order valence-electron chi connectivity index (χ3n) is 2.90. The molecule has 1 aromatic carbocycles. The number of carbonyl (C=O) groups excluding carboxylic acids is 1. The van der Waals surface area contributed by atoms with Crippen LogP contribution < -0.4 is 4.74 Å². The van der Waals surface area contributed by atoms with Crippen molar-refractivity contribution in [1.29, 1.82) is 0 Å². The van der Waals surface area contributed by atoms with Crippen LogP contribution in [0.15, 0.2) is 12.1 Å². The molecule has 2 N–H and O–H groups in total. The molecule has 2 rings (SSSR count). The van der Waals surface area contributed by atoms with Gasteiger partial charge in [-0.3, -0.25) is 4.79 Å². The van der Waals surface area contributed by atoms with Gasteiger partial charge >= 0.3 is 5.97 Å². The summed E-state index contributed by atoms with van der Waals surface area (Å²) in [7, 11) is 0. The highest BCUT2D eigenvalue weighted by Gasteiger charge is 2.05. The molecular formula is C14H18N2O3S. The van der Waals surface area contributed by atoms with Crippen LogP contribution in [0.2, 0.25) is 0 Å². The van der Waals surface area contributed by atoms with E-state index in [4.69, 9.17) is 21.7 Å². The Kier molecular flexibility index (Phi) is 4.79. The van der Waals surface area contributed by atoms with E-state index in [1.54, 1.807) is 6.92 Å². The third-order valence-corrected chi connectivity index (χ3v) is 3.10. The number of aromatic nitrogens is 2. The Morgan fingerprint density at radius 2 is 2.15 bits per heavy atom. The zero-order valence-electron chi connectivity index (χ0n) is 11.6. The topological polar surface area (TPSA) is 67.1 Å².